The fourth-order valence-electron chi connectivity index (χ4n) is 3.32. The fraction of sp³-hybridized carbons (Fsp3) is 0.350. The van der Waals surface area contributed by atoms with Gasteiger partial charge in [-0.2, -0.15) is 13.2 Å². The SMILES string of the molecule is O=C(NC[C@H]1C[C@H](S(=O)(=O)c2cc(F)cc(C(F)(F)F)c2)C1)c1ccc(OC(F)(F)F)cc1. The van der Waals surface area contributed by atoms with E-state index in [1.807, 2.05) is 0 Å². The topological polar surface area (TPSA) is 72.5 Å². The summed E-state index contributed by atoms with van der Waals surface area (Å²) in [5, 5.41) is 1.49. The normalized spacial score (nSPS) is 19.0. The molecule has 1 saturated carbocycles. The van der Waals surface area contributed by atoms with Crippen LogP contribution in [0.15, 0.2) is 47.4 Å². The maximum Gasteiger partial charge on any atom is 0.573 e. The minimum atomic E-state index is -4.91. The monoisotopic (exact) mass is 499 g/mol. The first-order valence-electron chi connectivity index (χ1n) is 9.41. The number of ether oxygens (including phenoxy) is 1. The number of hydrogen-bond donors (Lipinski definition) is 1. The van der Waals surface area contributed by atoms with Gasteiger partial charge in [-0.3, -0.25) is 4.79 Å². The van der Waals surface area contributed by atoms with Gasteiger partial charge in [0.25, 0.3) is 5.91 Å². The van der Waals surface area contributed by atoms with Crippen LogP contribution < -0.4 is 10.1 Å². The minimum Gasteiger partial charge on any atom is -0.406 e. The van der Waals surface area contributed by atoms with Crippen LogP contribution in [0.1, 0.15) is 28.8 Å². The summed E-state index contributed by atoms with van der Waals surface area (Å²) >= 11 is 0. The van der Waals surface area contributed by atoms with Gasteiger partial charge in [0, 0.05) is 12.1 Å². The lowest BCUT2D eigenvalue weighted by Gasteiger charge is -2.35. The predicted molar refractivity (Wildman–Crippen MR) is 101 cm³/mol. The van der Waals surface area contributed by atoms with E-state index in [2.05, 4.69) is 10.1 Å². The van der Waals surface area contributed by atoms with Crippen molar-refractivity contribution in [2.45, 2.75) is 35.5 Å². The molecule has 0 atom stereocenters. The van der Waals surface area contributed by atoms with Crippen LogP contribution in [0.5, 0.6) is 5.75 Å². The lowest BCUT2D eigenvalue weighted by Crippen LogP contribution is -2.42. The van der Waals surface area contributed by atoms with Crippen LogP contribution in [0.3, 0.4) is 0 Å². The Morgan fingerprint density at radius 3 is 2.15 bits per heavy atom. The van der Waals surface area contributed by atoms with Gasteiger partial charge < -0.3 is 10.1 Å². The molecule has 0 radical (unpaired) electrons. The van der Waals surface area contributed by atoms with Crippen LogP contribution >= 0.6 is 0 Å². The fourth-order valence-corrected chi connectivity index (χ4v) is 5.33. The molecule has 1 fully saturated rings. The van der Waals surface area contributed by atoms with Gasteiger partial charge in [-0.15, -0.1) is 13.2 Å². The third kappa shape index (κ3) is 6.15. The molecule has 1 aliphatic carbocycles. The predicted octanol–water partition coefficient (Wildman–Crippen LogP) is 4.73. The van der Waals surface area contributed by atoms with Crippen LogP contribution in [0.2, 0.25) is 0 Å². The van der Waals surface area contributed by atoms with E-state index in [-0.39, 0.29) is 36.9 Å². The maximum atomic E-state index is 13.6. The number of benzene rings is 2. The largest absolute Gasteiger partial charge is 0.573 e. The molecule has 2 aromatic carbocycles. The molecule has 0 aliphatic heterocycles. The van der Waals surface area contributed by atoms with E-state index in [1.165, 1.54) is 0 Å². The Kier molecular flexibility index (Phi) is 6.65. The molecule has 1 aliphatic rings. The average molecular weight is 499 g/mol. The molecule has 0 bridgehead atoms. The summed E-state index contributed by atoms with van der Waals surface area (Å²) in [6.45, 7) is 0.0443. The zero-order chi connectivity index (χ0) is 24.6. The van der Waals surface area contributed by atoms with Crippen LogP contribution in [-0.4, -0.2) is 32.5 Å². The van der Waals surface area contributed by atoms with E-state index in [0.717, 1.165) is 24.3 Å². The Labute approximate surface area is 183 Å². The molecule has 1 N–H and O–H groups in total. The smallest absolute Gasteiger partial charge is 0.406 e. The lowest BCUT2D eigenvalue weighted by molar-refractivity contribution is -0.274. The Bertz CT molecular complexity index is 1120. The zero-order valence-electron chi connectivity index (χ0n) is 16.5. The first kappa shape index (κ1) is 24.8. The van der Waals surface area contributed by atoms with Gasteiger partial charge in [0.05, 0.1) is 15.7 Å². The van der Waals surface area contributed by atoms with Crippen LogP contribution in [-0.2, 0) is 16.0 Å². The van der Waals surface area contributed by atoms with E-state index < -0.39 is 55.6 Å². The van der Waals surface area contributed by atoms with Crippen molar-refractivity contribution < 1.29 is 48.7 Å². The molecule has 3 rings (SSSR count). The van der Waals surface area contributed by atoms with E-state index in [9.17, 15) is 43.9 Å². The summed E-state index contributed by atoms with van der Waals surface area (Å²) in [6, 6.07) is 5.29. The highest BCUT2D eigenvalue weighted by Gasteiger charge is 2.41. The highest BCUT2D eigenvalue weighted by atomic mass is 32.2. The third-order valence-corrected chi connectivity index (χ3v) is 7.22. The Morgan fingerprint density at radius 1 is 1.00 bits per heavy atom. The van der Waals surface area contributed by atoms with Crippen molar-refractivity contribution in [3.8, 4) is 5.75 Å². The number of rotatable bonds is 6. The van der Waals surface area contributed by atoms with Gasteiger partial charge >= 0.3 is 12.5 Å². The van der Waals surface area contributed by atoms with Crippen molar-refractivity contribution in [2.24, 2.45) is 5.92 Å². The van der Waals surface area contributed by atoms with Crippen molar-refractivity contribution in [3.63, 3.8) is 0 Å². The summed E-state index contributed by atoms with van der Waals surface area (Å²) in [6.07, 6.45) is -9.70. The van der Waals surface area contributed by atoms with Crippen LogP contribution in [0.4, 0.5) is 30.7 Å². The molecule has 13 heteroatoms. The Balaban J connectivity index is 1.55. The number of nitrogens with one attached hydrogen (secondary N) is 1. The zero-order valence-corrected chi connectivity index (χ0v) is 17.3. The van der Waals surface area contributed by atoms with Gasteiger partial charge in [0.15, 0.2) is 9.84 Å². The lowest BCUT2D eigenvalue weighted by atomic mass is 9.85. The van der Waals surface area contributed by atoms with Gasteiger partial charge in [-0.25, -0.2) is 12.8 Å². The van der Waals surface area contributed by atoms with E-state index in [4.69, 9.17) is 0 Å². The number of sulfone groups is 1. The van der Waals surface area contributed by atoms with E-state index in [0.29, 0.717) is 12.1 Å². The van der Waals surface area contributed by atoms with Crippen LogP contribution in [0.25, 0.3) is 0 Å². The minimum absolute atomic E-state index is 0.0405. The summed E-state index contributed by atoms with van der Waals surface area (Å²) in [5.41, 5.74) is -1.36. The number of hydrogen-bond acceptors (Lipinski definition) is 4. The second-order valence-electron chi connectivity index (χ2n) is 7.46. The molecule has 0 saturated heterocycles. The van der Waals surface area contributed by atoms with E-state index >= 15 is 0 Å². The highest BCUT2D eigenvalue weighted by molar-refractivity contribution is 7.92. The van der Waals surface area contributed by atoms with Crippen LogP contribution in [0, 0.1) is 11.7 Å². The molecule has 0 heterocycles. The van der Waals surface area contributed by atoms with Crippen molar-refractivity contribution >= 4 is 15.7 Å². The molecule has 180 valence electrons. The number of carbonyl (C=O) groups is 1. The standard InChI is InChI=1S/C20H16F7NO4S/c21-14-7-13(19(22,23)24)8-17(9-14)33(30,31)16-5-11(6-16)10-28-18(29)12-1-3-15(4-2-12)32-20(25,26)27/h1-4,7-9,11,16H,5-6,10H2,(H,28,29)/t11-,16-. The summed E-state index contributed by atoms with van der Waals surface area (Å²) < 4.78 is 117. The molecule has 33 heavy (non-hydrogen) atoms. The van der Waals surface area contributed by atoms with Gasteiger partial charge in [-0.1, -0.05) is 0 Å². The summed E-state index contributed by atoms with van der Waals surface area (Å²) in [4.78, 5) is 11.4. The van der Waals surface area contributed by atoms with E-state index in [1.54, 1.807) is 0 Å². The Morgan fingerprint density at radius 2 is 1.61 bits per heavy atom. The van der Waals surface area contributed by atoms with Gasteiger partial charge in [0.2, 0.25) is 0 Å². The van der Waals surface area contributed by atoms with Crippen molar-refractivity contribution in [1.82, 2.24) is 5.32 Å². The highest BCUT2D eigenvalue weighted by Crippen LogP contribution is 2.38. The summed E-state index contributed by atoms with van der Waals surface area (Å²) in [5.74, 6) is -2.73. The number of amides is 1. The molecular formula is C20H16F7NO4S. The average Bonchev–Trinajstić information content (AvgIpc) is 2.64. The van der Waals surface area contributed by atoms with Crippen molar-refractivity contribution in [2.75, 3.05) is 6.54 Å². The first-order valence-corrected chi connectivity index (χ1v) is 11.0. The second kappa shape index (κ2) is 8.84. The molecule has 0 spiro atoms. The maximum absolute atomic E-state index is 13.6. The molecule has 0 unspecified atom stereocenters. The van der Waals surface area contributed by atoms with Crippen molar-refractivity contribution in [1.29, 1.82) is 0 Å². The summed E-state index contributed by atoms with van der Waals surface area (Å²) in [7, 11) is -4.21. The molecular weight excluding hydrogens is 483 g/mol. The molecule has 5 nitrogen and oxygen atoms in total. The third-order valence-electron chi connectivity index (χ3n) is 5.06. The molecule has 0 aromatic heterocycles. The quantitative estimate of drug-likeness (QED) is 0.584. The second-order valence-corrected chi connectivity index (χ2v) is 9.69. The van der Waals surface area contributed by atoms with Crippen molar-refractivity contribution in [3.05, 3.63) is 59.4 Å². The molecule has 2 aromatic rings. The molecule has 1 amide bonds. The number of carbonyl (C=O) groups excluding carboxylic acids is 1. The first-order chi connectivity index (χ1) is 15.1. The number of halogens is 7. The van der Waals surface area contributed by atoms with Gasteiger partial charge in [-0.05, 0) is 61.2 Å². The number of alkyl halides is 6. The van der Waals surface area contributed by atoms with Gasteiger partial charge in [0.1, 0.15) is 11.6 Å². The Hall–Kier alpha value is -2.83.